The van der Waals surface area contributed by atoms with Crippen molar-refractivity contribution in [1.29, 1.82) is 0 Å². The normalized spacial score (nSPS) is 23.1. The largest absolute Gasteiger partial charge is 0.468 e. The Hall–Kier alpha value is -2.13. The summed E-state index contributed by atoms with van der Waals surface area (Å²) >= 11 is 0. The van der Waals surface area contributed by atoms with Crippen LogP contribution in [0.5, 0.6) is 0 Å². The van der Waals surface area contributed by atoms with Crippen molar-refractivity contribution in [3.8, 4) is 11.1 Å². The third kappa shape index (κ3) is 2.42. The standard InChI is InChI=1S/C19H21NO2/c1-20-13-17-12-19(17,18(21)22-2)16-10-8-15(9-11-16)14-6-4-3-5-7-14/h3-11,17,20H,12-13H2,1-2H3/t17-,19-/m0/s1. The van der Waals surface area contributed by atoms with E-state index >= 15 is 0 Å². The summed E-state index contributed by atoms with van der Waals surface area (Å²) in [4.78, 5) is 12.3. The second-order valence-electron chi connectivity index (χ2n) is 5.87. The first kappa shape index (κ1) is 14.8. The van der Waals surface area contributed by atoms with Crippen molar-refractivity contribution >= 4 is 5.97 Å². The minimum Gasteiger partial charge on any atom is -0.468 e. The van der Waals surface area contributed by atoms with Crippen LogP contribution in [0.3, 0.4) is 0 Å². The number of benzene rings is 2. The summed E-state index contributed by atoms with van der Waals surface area (Å²) in [6, 6.07) is 18.6. The highest BCUT2D eigenvalue weighted by molar-refractivity contribution is 5.87. The first-order valence-corrected chi connectivity index (χ1v) is 7.61. The molecule has 3 rings (SSSR count). The second-order valence-corrected chi connectivity index (χ2v) is 5.87. The molecule has 2 aromatic carbocycles. The zero-order valence-corrected chi connectivity index (χ0v) is 13.0. The summed E-state index contributed by atoms with van der Waals surface area (Å²) < 4.78 is 5.06. The smallest absolute Gasteiger partial charge is 0.316 e. The van der Waals surface area contributed by atoms with Gasteiger partial charge >= 0.3 is 5.97 Å². The highest BCUT2D eigenvalue weighted by Gasteiger charge is 2.61. The lowest BCUT2D eigenvalue weighted by Gasteiger charge is -2.16. The number of carbonyl (C=O) groups excluding carboxylic acids is 1. The van der Waals surface area contributed by atoms with Crippen molar-refractivity contribution in [2.24, 2.45) is 5.92 Å². The average Bonchev–Trinajstić information content (AvgIpc) is 3.31. The Morgan fingerprint density at radius 2 is 1.77 bits per heavy atom. The van der Waals surface area contributed by atoms with Crippen molar-refractivity contribution in [3.63, 3.8) is 0 Å². The molecule has 0 aromatic heterocycles. The van der Waals surface area contributed by atoms with Gasteiger partial charge in [-0.1, -0.05) is 54.6 Å². The van der Waals surface area contributed by atoms with Crippen molar-refractivity contribution in [3.05, 3.63) is 60.2 Å². The molecule has 0 spiro atoms. The van der Waals surface area contributed by atoms with E-state index in [0.29, 0.717) is 5.92 Å². The van der Waals surface area contributed by atoms with Crippen LogP contribution in [0, 0.1) is 5.92 Å². The molecule has 1 fully saturated rings. The van der Waals surface area contributed by atoms with Gasteiger partial charge in [0.25, 0.3) is 0 Å². The van der Waals surface area contributed by atoms with E-state index in [9.17, 15) is 4.79 Å². The summed E-state index contributed by atoms with van der Waals surface area (Å²) in [5.74, 6) is 0.188. The molecule has 3 nitrogen and oxygen atoms in total. The Kier molecular flexibility index (Phi) is 3.99. The fourth-order valence-corrected chi connectivity index (χ4v) is 3.32. The lowest BCUT2D eigenvalue weighted by atomic mass is 9.91. The molecular weight excluding hydrogens is 274 g/mol. The van der Waals surface area contributed by atoms with E-state index in [1.54, 1.807) is 0 Å². The molecular formula is C19H21NO2. The van der Waals surface area contributed by atoms with E-state index < -0.39 is 5.41 Å². The van der Waals surface area contributed by atoms with Crippen molar-refractivity contribution < 1.29 is 9.53 Å². The fraction of sp³-hybridized carbons (Fsp3) is 0.316. The van der Waals surface area contributed by atoms with Crippen LogP contribution in [-0.4, -0.2) is 26.7 Å². The molecule has 1 saturated carbocycles. The molecule has 2 atom stereocenters. The molecule has 0 amide bonds. The molecule has 0 saturated heterocycles. The van der Waals surface area contributed by atoms with Gasteiger partial charge in [0.05, 0.1) is 12.5 Å². The van der Waals surface area contributed by atoms with Gasteiger partial charge in [-0.25, -0.2) is 0 Å². The SMILES string of the molecule is CNC[C@@H]1C[C@]1(C(=O)OC)c1ccc(-c2ccccc2)cc1. The molecule has 1 N–H and O–H groups in total. The Bertz CT molecular complexity index is 651. The highest BCUT2D eigenvalue weighted by Crippen LogP contribution is 2.55. The number of hydrogen-bond donors (Lipinski definition) is 1. The molecule has 0 radical (unpaired) electrons. The predicted octanol–water partition coefficient (Wildman–Crippen LogP) is 3.00. The predicted molar refractivity (Wildman–Crippen MR) is 87.6 cm³/mol. The first-order valence-electron chi connectivity index (χ1n) is 7.61. The molecule has 0 heterocycles. The molecule has 1 aliphatic rings. The number of carbonyl (C=O) groups is 1. The van der Waals surface area contributed by atoms with Gasteiger partial charge in [0.15, 0.2) is 0 Å². The highest BCUT2D eigenvalue weighted by atomic mass is 16.5. The van der Waals surface area contributed by atoms with Crippen LogP contribution in [0.1, 0.15) is 12.0 Å². The zero-order valence-electron chi connectivity index (χ0n) is 13.0. The molecule has 2 aromatic rings. The van der Waals surface area contributed by atoms with Gasteiger partial charge in [-0.2, -0.15) is 0 Å². The zero-order chi connectivity index (χ0) is 15.6. The van der Waals surface area contributed by atoms with Gasteiger partial charge in [0.1, 0.15) is 0 Å². The average molecular weight is 295 g/mol. The minimum absolute atomic E-state index is 0.125. The lowest BCUT2D eigenvalue weighted by Crippen LogP contribution is -2.27. The van der Waals surface area contributed by atoms with Crippen LogP contribution < -0.4 is 5.32 Å². The molecule has 3 heteroatoms. The Labute approximate surface area is 131 Å². The number of nitrogens with one attached hydrogen (secondary N) is 1. The third-order valence-electron chi connectivity index (χ3n) is 4.61. The summed E-state index contributed by atoms with van der Waals surface area (Å²) in [6.45, 7) is 0.829. The van der Waals surface area contributed by atoms with Crippen LogP contribution in [0.25, 0.3) is 11.1 Å². The molecule has 114 valence electrons. The Morgan fingerprint density at radius 1 is 1.14 bits per heavy atom. The van der Waals surface area contributed by atoms with Crippen LogP contribution in [0.15, 0.2) is 54.6 Å². The number of rotatable bonds is 5. The van der Waals surface area contributed by atoms with E-state index in [-0.39, 0.29) is 5.97 Å². The molecule has 0 bridgehead atoms. The Morgan fingerprint density at radius 3 is 2.36 bits per heavy atom. The molecule has 0 aliphatic heterocycles. The number of methoxy groups -OCH3 is 1. The maximum atomic E-state index is 12.3. The summed E-state index contributed by atoms with van der Waals surface area (Å²) in [7, 11) is 3.38. The molecule has 0 unspecified atom stereocenters. The summed E-state index contributed by atoms with van der Waals surface area (Å²) in [6.07, 6.45) is 0.852. The molecule has 22 heavy (non-hydrogen) atoms. The van der Waals surface area contributed by atoms with E-state index in [2.05, 4.69) is 41.7 Å². The van der Waals surface area contributed by atoms with E-state index in [1.165, 1.54) is 12.7 Å². The van der Waals surface area contributed by atoms with Crippen LogP contribution in [0.2, 0.25) is 0 Å². The molecule has 1 aliphatic carbocycles. The van der Waals surface area contributed by atoms with Gasteiger partial charge in [0.2, 0.25) is 0 Å². The van der Waals surface area contributed by atoms with Gasteiger partial charge in [0, 0.05) is 0 Å². The van der Waals surface area contributed by atoms with E-state index in [4.69, 9.17) is 4.74 Å². The summed E-state index contributed by atoms with van der Waals surface area (Å²) in [5, 5.41) is 3.16. The number of hydrogen-bond acceptors (Lipinski definition) is 3. The van der Waals surface area contributed by atoms with Gasteiger partial charge in [-0.3, -0.25) is 4.79 Å². The number of ether oxygens (including phenoxy) is 1. The Balaban J connectivity index is 1.90. The van der Waals surface area contributed by atoms with Crippen molar-refractivity contribution in [1.82, 2.24) is 5.32 Å². The summed E-state index contributed by atoms with van der Waals surface area (Å²) in [5.41, 5.74) is 2.94. The van der Waals surface area contributed by atoms with Crippen molar-refractivity contribution in [2.45, 2.75) is 11.8 Å². The first-order chi connectivity index (χ1) is 10.7. The minimum atomic E-state index is -0.465. The van der Waals surface area contributed by atoms with E-state index in [1.807, 2.05) is 25.2 Å². The maximum Gasteiger partial charge on any atom is 0.316 e. The number of esters is 1. The quantitative estimate of drug-likeness (QED) is 0.862. The lowest BCUT2D eigenvalue weighted by molar-refractivity contribution is -0.144. The second kappa shape index (κ2) is 5.93. The van der Waals surface area contributed by atoms with Gasteiger partial charge < -0.3 is 10.1 Å². The van der Waals surface area contributed by atoms with Gasteiger partial charge in [-0.15, -0.1) is 0 Å². The topological polar surface area (TPSA) is 38.3 Å². The fourth-order valence-electron chi connectivity index (χ4n) is 3.32. The van der Waals surface area contributed by atoms with E-state index in [0.717, 1.165) is 24.1 Å². The third-order valence-corrected chi connectivity index (χ3v) is 4.61. The van der Waals surface area contributed by atoms with Crippen LogP contribution >= 0.6 is 0 Å². The maximum absolute atomic E-state index is 12.3. The van der Waals surface area contributed by atoms with Crippen molar-refractivity contribution in [2.75, 3.05) is 20.7 Å². The van der Waals surface area contributed by atoms with Crippen LogP contribution in [-0.2, 0) is 14.9 Å². The van der Waals surface area contributed by atoms with Gasteiger partial charge in [-0.05, 0) is 42.6 Å². The van der Waals surface area contributed by atoms with Crippen LogP contribution in [0.4, 0.5) is 0 Å². The monoisotopic (exact) mass is 295 g/mol.